The Labute approximate surface area is 128 Å². The molecular weight excluding hydrogens is 262 g/mol. The summed E-state index contributed by atoms with van der Waals surface area (Å²) in [4.78, 5) is 10.9. The maximum Gasteiger partial charge on any atom is 0.255 e. The van der Waals surface area contributed by atoms with E-state index in [0.717, 1.165) is 25.0 Å². The number of carbonyl (C=O) groups is 1. The summed E-state index contributed by atoms with van der Waals surface area (Å²) >= 11 is 0. The molecule has 2 N–H and O–H groups in total. The van der Waals surface area contributed by atoms with Crippen LogP contribution in [-0.4, -0.2) is 12.5 Å². The molecule has 0 aliphatic carbocycles. The fraction of sp³-hybridized carbons (Fsp3) is 0.611. The predicted molar refractivity (Wildman–Crippen MR) is 87.4 cm³/mol. The van der Waals surface area contributed by atoms with Crippen molar-refractivity contribution in [2.45, 2.75) is 53.4 Å². The predicted octanol–water partition coefficient (Wildman–Crippen LogP) is 3.73. The summed E-state index contributed by atoms with van der Waals surface area (Å²) < 4.78 is 5.54. The maximum atomic E-state index is 10.9. The molecule has 0 saturated heterocycles. The Morgan fingerprint density at radius 1 is 1.10 bits per heavy atom. The quantitative estimate of drug-likeness (QED) is 0.753. The highest BCUT2D eigenvalue weighted by Crippen LogP contribution is 2.24. The standard InChI is InChI=1S/C18H29NO2/c1-13(2)5-7-15-8-10-17(21-12-18(19)20)16(11-15)9-6-14(3)4/h8,10-11,13-14H,5-7,9,12H2,1-4H3,(H2,19,20). The van der Waals surface area contributed by atoms with Crippen LogP contribution < -0.4 is 10.5 Å². The van der Waals surface area contributed by atoms with Crippen LogP contribution in [0.2, 0.25) is 0 Å². The Morgan fingerprint density at radius 2 is 1.71 bits per heavy atom. The van der Waals surface area contributed by atoms with Crippen molar-refractivity contribution in [2.24, 2.45) is 17.6 Å². The van der Waals surface area contributed by atoms with E-state index in [1.807, 2.05) is 6.07 Å². The second-order valence-electron chi connectivity index (χ2n) is 6.56. The first-order chi connectivity index (χ1) is 9.88. The maximum absolute atomic E-state index is 10.9. The topological polar surface area (TPSA) is 52.3 Å². The van der Waals surface area contributed by atoms with Gasteiger partial charge >= 0.3 is 0 Å². The van der Waals surface area contributed by atoms with Gasteiger partial charge in [-0.3, -0.25) is 4.79 Å². The zero-order valence-corrected chi connectivity index (χ0v) is 13.8. The lowest BCUT2D eigenvalue weighted by Crippen LogP contribution is -2.20. The molecule has 3 heteroatoms. The van der Waals surface area contributed by atoms with Gasteiger partial charge in [0.2, 0.25) is 0 Å². The Balaban J connectivity index is 2.82. The van der Waals surface area contributed by atoms with Crippen molar-refractivity contribution in [1.82, 2.24) is 0 Å². The number of nitrogens with two attached hydrogens (primary N) is 1. The number of benzene rings is 1. The third-order valence-corrected chi connectivity index (χ3v) is 3.50. The fourth-order valence-electron chi connectivity index (χ4n) is 2.17. The number of primary amides is 1. The molecule has 0 fully saturated rings. The van der Waals surface area contributed by atoms with Gasteiger partial charge in [0.15, 0.2) is 6.61 Å². The lowest BCUT2D eigenvalue weighted by Gasteiger charge is -2.14. The van der Waals surface area contributed by atoms with Gasteiger partial charge in [-0.1, -0.05) is 39.8 Å². The van der Waals surface area contributed by atoms with Crippen LogP contribution in [0, 0.1) is 11.8 Å². The minimum absolute atomic E-state index is 0.0555. The van der Waals surface area contributed by atoms with Gasteiger partial charge in [-0.15, -0.1) is 0 Å². The molecule has 0 heterocycles. The zero-order valence-electron chi connectivity index (χ0n) is 13.8. The summed E-state index contributed by atoms with van der Waals surface area (Å²) in [6.07, 6.45) is 4.36. The first kappa shape index (κ1) is 17.5. The van der Waals surface area contributed by atoms with Crippen LogP contribution >= 0.6 is 0 Å². The van der Waals surface area contributed by atoms with E-state index in [9.17, 15) is 4.79 Å². The van der Waals surface area contributed by atoms with Crippen molar-refractivity contribution in [1.29, 1.82) is 0 Å². The van der Waals surface area contributed by atoms with E-state index in [0.29, 0.717) is 11.8 Å². The van der Waals surface area contributed by atoms with Gasteiger partial charge in [0.25, 0.3) is 5.91 Å². The van der Waals surface area contributed by atoms with Crippen LogP contribution in [-0.2, 0) is 17.6 Å². The molecule has 0 spiro atoms. The van der Waals surface area contributed by atoms with Crippen LogP contribution in [0.1, 0.15) is 51.7 Å². The lowest BCUT2D eigenvalue weighted by molar-refractivity contribution is -0.119. The minimum Gasteiger partial charge on any atom is -0.484 e. The van der Waals surface area contributed by atoms with Gasteiger partial charge in [0.05, 0.1) is 0 Å². The number of hydrogen-bond acceptors (Lipinski definition) is 2. The normalized spacial score (nSPS) is 11.1. The molecule has 1 amide bonds. The summed E-state index contributed by atoms with van der Waals surface area (Å²) in [7, 11) is 0. The summed E-state index contributed by atoms with van der Waals surface area (Å²) in [5, 5.41) is 0. The molecule has 0 aliphatic heterocycles. The molecule has 0 bridgehead atoms. The Hall–Kier alpha value is -1.51. The number of rotatable bonds is 9. The van der Waals surface area contributed by atoms with E-state index < -0.39 is 5.91 Å². The van der Waals surface area contributed by atoms with Gasteiger partial charge < -0.3 is 10.5 Å². The summed E-state index contributed by atoms with van der Waals surface area (Å²) in [6.45, 7) is 8.85. The summed E-state index contributed by atoms with van der Waals surface area (Å²) in [5.74, 6) is 1.71. The van der Waals surface area contributed by atoms with Crippen molar-refractivity contribution in [2.75, 3.05) is 6.61 Å². The van der Waals surface area contributed by atoms with E-state index in [1.165, 1.54) is 17.5 Å². The number of ether oxygens (including phenoxy) is 1. The molecule has 0 aromatic heterocycles. The molecule has 1 aromatic rings. The molecule has 118 valence electrons. The smallest absolute Gasteiger partial charge is 0.255 e. The largest absolute Gasteiger partial charge is 0.484 e. The highest BCUT2D eigenvalue weighted by atomic mass is 16.5. The zero-order chi connectivity index (χ0) is 15.8. The molecule has 0 saturated carbocycles. The minimum atomic E-state index is -0.436. The lowest BCUT2D eigenvalue weighted by atomic mass is 9.97. The average molecular weight is 291 g/mol. The second kappa shape index (κ2) is 8.71. The third-order valence-electron chi connectivity index (χ3n) is 3.50. The van der Waals surface area contributed by atoms with Crippen LogP contribution in [0.15, 0.2) is 18.2 Å². The third kappa shape index (κ3) is 7.16. The van der Waals surface area contributed by atoms with Crippen molar-refractivity contribution >= 4 is 5.91 Å². The first-order valence-corrected chi connectivity index (χ1v) is 7.91. The van der Waals surface area contributed by atoms with Crippen molar-refractivity contribution < 1.29 is 9.53 Å². The van der Waals surface area contributed by atoms with Crippen molar-refractivity contribution in [3.05, 3.63) is 29.3 Å². The highest BCUT2D eigenvalue weighted by molar-refractivity contribution is 5.75. The Bertz CT molecular complexity index is 453. The molecule has 0 atom stereocenters. The van der Waals surface area contributed by atoms with Crippen molar-refractivity contribution in [3.63, 3.8) is 0 Å². The average Bonchev–Trinajstić information content (AvgIpc) is 2.41. The molecule has 0 radical (unpaired) electrons. The molecular formula is C18H29NO2. The number of amides is 1. The molecule has 0 unspecified atom stereocenters. The van der Waals surface area contributed by atoms with E-state index in [-0.39, 0.29) is 6.61 Å². The Morgan fingerprint density at radius 3 is 2.29 bits per heavy atom. The van der Waals surface area contributed by atoms with Crippen LogP contribution in [0.25, 0.3) is 0 Å². The van der Waals surface area contributed by atoms with Gasteiger partial charge in [0.1, 0.15) is 5.75 Å². The van der Waals surface area contributed by atoms with Crippen LogP contribution in [0.3, 0.4) is 0 Å². The summed E-state index contributed by atoms with van der Waals surface area (Å²) in [5.41, 5.74) is 7.69. The monoisotopic (exact) mass is 291 g/mol. The highest BCUT2D eigenvalue weighted by Gasteiger charge is 2.08. The summed E-state index contributed by atoms with van der Waals surface area (Å²) in [6, 6.07) is 6.30. The molecule has 1 rings (SSSR count). The van der Waals surface area contributed by atoms with Gasteiger partial charge in [-0.05, 0) is 54.7 Å². The Kier molecular flexibility index (Phi) is 7.27. The number of aryl methyl sites for hydroxylation is 2. The number of hydrogen-bond donors (Lipinski definition) is 1. The van der Waals surface area contributed by atoms with Gasteiger partial charge in [-0.2, -0.15) is 0 Å². The molecule has 0 aliphatic rings. The SMILES string of the molecule is CC(C)CCc1ccc(OCC(N)=O)c(CCC(C)C)c1. The van der Waals surface area contributed by atoms with E-state index in [4.69, 9.17) is 10.5 Å². The first-order valence-electron chi connectivity index (χ1n) is 7.91. The van der Waals surface area contributed by atoms with Crippen LogP contribution in [0.5, 0.6) is 5.75 Å². The molecule has 3 nitrogen and oxygen atoms in total. The second-order valence-corrected chi connectivity index (χ2v) is 6.56. The van der Waals surface area contributed by atoms with Crippen molar-refractivity contribution in [3.8, 4) is 5.75 Å². The van der Waals surface area contributed by atoms with Gasteiger partial charge in [-0.25, -0.2) is 0 Å². The van der Waals surface area contributed by atoms with E-state index >= 15 is 0 Å². The van der Waals surface area contributed by atoms with Gasteiger partial charge in [0, 0.05) is 0 Å². The fourth-order valence-corrected chi connectivity index (χ4v) is 2.17. The van der Waals surface area contributed by atoms with Crippen LogP contribution in [0.4, 0.5) is 0 Å². The van der Waals surface area contributed by atoms with E-state index in [2.05, 4.69) is 39.8 Å². The number of carbonyl (C=O) groups excluding carboxylic acids is 1. The van der Waals surface area contributed by atoms with E-state index in [1.54, 1.807) is 0 Å². The molecule has 1 aromatic carbocycles. The molecule has 21 heavy (non-hydrogen) atoms.